The van der Waals surface area contributed by atoms with Gasteiger partial charge in [-0.3, -0.25) is 19.9 Å². The molecule has 0 radical (unpaired) electrons. The second kappa shape index (κ2) is 9.59. The van der Waals surface area contributed by atoms with Crippen molar-refractivity contribution in [2.45, 2.75) is 19.0 Å². The van der Waals surface area contributed by atoms with Gasteiger partial charge in [-0.15, -0.1) is 0 Å². The largest absolute Gasteiger partial charge is 0.351 e. The first-order valence-electron chi connectivity index (χ1n) is 11.2. The van der Waals surface area contributed by atoms with Crippen molar-refractivity contribution in [2.24, 2.45) is 0 Å². The van der Waals surface area contributed by atoms with Crippen LogP contribution in [0, 0.1) is 10.1 Å². The molecule has 180 valence electrons. The third-order valence-corrected chi connectivity index (χ3v) is 6.28. The number of thiocarbonyl (C=S) groups is 1. The SMILES string of the molecule is CC(=O)Nc1ccc(N2C(=S)N[C@H](c3ccccn3)[C@H]2c2cccn2-c2cccc([N+](=O)[O-])c2)cc1. The number of benzene rings is 2. The Morgan fingerprint density at radius 1 is 1.06 bits per heavy atom. The summed E-state index contributed by atoms with van der Waals surface area (Å²) in [5, 5.41) is 18.1. The average Bonchev–Trinajstić information content (AvgIpc) is 3.49. The monoisotopic (exact) mass is 498 g/mol. The van der Waals surface area contributed by atoms with Gasteiger partial charge in [0.2, 0.25) is 5.91 Å². The zero-order valence-corrected chi connectivity index (χ0v) is 20.1. The van der Waals surface area contributed by atoms with Gasteiger partial charge in [0.25, 0.3) is 5.69 Å². The third-order valence-electron chi connectivity index (χ3n) is 5.97. The summed E-state index contributed by atoms with van der Waals surface area (Å²) < 4.78 is 1.93. The van der Waals surface area contributed by atoms with Crippen LogP contribution in [0.5, 0.6) is 0 Å². The number of nitrogens with one attached hydrogen (secondary N) is 2. The number of nitro benzene ring substituents is 1. The predicted octanol–water partition coefficient (Wildman–Crippen LogP) is 4.92. The fourth-order valence-corrected chi connectivity index (χ4v) is 4.81. The predicted molar refractivity (Wildman–Crippen MR) is 141 cm³/mol. The lowest BCUT2D eigenvalue weighted by Crippen LogP contribution is -2.30. The van der Waals surface area contributed by atoms with Crippen LogP contribution < -0.4 is 15.5 Å². The smallest absolute Gasteiger partial charge is 0.271 e. The van der Waals surface area contributed by atoms with E-state index in [0.29, 0.717) is 16.5 Å². The highest BCUT2D eigenvalue weighted by molar-refractivity contribution is 7.80. The first kappa shape index (κ1) is 23.2. The van der Waals surface area contributed by atoms with Gasteiger partial charge < -0.3 is 20.1 Å². The maximum atomic E-state index is 11.4. The molecule has 36 heavy (non-hydrogen) atoms. The van der Waals surface area contributed by atoms with Crippen molar-refractivity contribution < 1.29 is 9.72 Å². The number of hydrogen-bond donors (Lipinski definition) is 2. The highest BCUT2D eigenvalue weighted by Crippen LogP contribution is 2.42. The summed E-state index contributed by atoms with van der Waals surface area (Å²) in [4.78, 5) is 29.0. The Hall–Kier alpha value is -4.57. The quantitative estimate of drug-likeness (QED) is 0.221. The summed E-state index contributed by atoms with van der Waals surface area (Å²) in [7, 11) is 0. The summed E-state index contributed by atoms with van der Waals surface area (Å²) in [6, 6.07) is 23.0. The first-order chi connectivity index (χ1) is 17.4. The van der Waals surface area contributed by atoms with Gasteiger partial charge in [0.05, 0.1) is 22.3 Å². The molecule has 1 aliphatic heterocycles. The van der Waals surface area contributed by atoms with E-state index in [9.17, 15) is 14.9 Å². The summed E-state index contributed by atoms with van der Waals surface area (Å²) in [6.07, 6.45) is 3.62. The highest BCUT2D eigenvalue weighted by atomic mass is 32.1. The van der Waals surface area contributed by atoms with Gasteiger partial charge in [0.1, 0.15) is 6.04 Å². The summed E-state index contributed by atoms with van der Waals surface area (Å²) in [6.45, 7) is 1.46. The fraction of sp³-hybridized carbons (Fsp3) is 0.115. The first-order valence-corrected chi connectivity index (χ1v) is 11.6. The normalized spacial score (nSPS) is 17.0. The molecule has 0 unspecified atom stereocenters. The molecule has 2 aromatic heterocycles. The lowest BCUT2D eigenvalue weighted by atomic mass is 10.0. The van der Waals surface area contributed by atoms with Crippen molar-refractivity contribution >= 4 is 40.3 Å². The molecular weight excluding hydrogens is 476 g/mol. The number of non-ortho nitro benzene ring substituents is 1. The minimum atomic E-state index is -0.404. The standard InChI is InChI=1S/C26H22N6O3S/c1-17(33)28-18-10-12-19(13-11-18)31-25(24(29-26(31)36)22-8-2-3-14-27-22)23-9-5-15-30(23)20-6-4-7-21(16-20)32(34)35/h2-16,24-25H,1H3,(H,28,33)(H,29,36)/t24-,25-/m1/s1. The van der Waals surface area contributed by atoms with Crippen LogP contribution in [0.25, 0.3) is 5.69 Å². The highest BCUT2D eigenvalue weighted by Gasteiger charge is 2.42. The molecule has 1 fully saturated rings. The van der Waals surface area contributed by atoms with Crippen molar-refractivity contribution in [1.29, 1.82) is 0 Å². The van der Waals surface area contributed by atoms with Crippen LogP contribution in [0.3, 0.4) is 0 Å². The van der Waals surface area contributed by atoms with E-state index < -0.39 is 4.92 Å². The molecule has 1 aliphatic rings. The van der Waals surface area contributed by atoms with E-state index in [2.05, 4.69) is 15.6 Å². The van der Waals surface area contributed by atoms with Crippen molar-refractivity contribution in [3.05, 3.63) is 113 Å². The Kier molecular flexibility index (Phi) is 6.17. The molecule has 3 heterocycles. The number of amides is 1. The number of pyridine rings is 1. The van der Waals surface area contributed by atoms with Crippen molar-refractivity contribution in [2.75, 3.05) is 10.2 Å². The van der Waals surface area contributed by atoms with E-state index in [-0.39, 0.29) is 23.7 Å². The third kappa shape index (κ3) is 4.41. The van der Waals surface area contributed by atoms with Gasteiger partial charge >= 0.3 is 0 Å². The Morgan fingerprint density at radius 2 is 1.86 bits per heavy atom. The van der Waals surface area contributed by atoms with Crippen LogP contribution in [0.1, 0.15) is 30.4 Å². The fourth-order valence-electron chi connectivity index (χ4n) is 4.47. The number of rotatable bonds is 6. The molecule has 2 atom stereocenters. The number of carbonyl (C=O) groups excluding carboxylic acids is 1. The Bertz CT molecular complexity index is 1440. The van der Waals surface area contributed by atoms with Crippen LogP contribution in [0.4, 0.5) is 17.1 Å². The molecule has 9 nitrogen and oxygen atoms in total. The van der Waals surface area contributed by atoms with E-state index >= 15 is 0 Å². The Labute approximate surface area is 212 Å². The molecule has 1 saturated heterocycles. The number of hydrogen-bond acceptors (Lipinski definition) is 5. The summed E-state index contributed by atoms with van der Waals surface area (Å²) in [5.74, 6) is -0.149. The van der Waals surface area contributed by atoms with E-state index in [1.807, 2.05) is 76.3 Å². The van der Waals surface area contributed by atoms with Crippen molar-refractivity contribution in [3.63, 3.8) is 0 Å². The molecule has 0 aliphatic carbocycles. The minimum Gasteiger partial charge on any atom is -0.351 e. The lowest BCUT2D eigenvalue weighted by Gasteiger charge is -2.29. The maximum absolute atomic E-state index is 11.4. The molecule has 1 amide bonds. The molecule has 2 N–H and O–H groups in total. The van der Waals surface area contributed by atoms with Crippen LogP contribution in [-0.4, -0.2) is 25.5 Å². The Morgan fingerprint density at radius 3 is 2.56 bits per heavy atom. The molecule has 0 saturated carbocycles. The summed E-state index contributed by atoms with van der Waals surface area (Å²) >= 11 is 5.79. The van der Waals surface area contributed by atoms with Gasteiger partial charge in [0.15, 0.2) is 5.11 Å². The number of anilines is 2. The van der Waals surface area contributed by atoms with E-state index in [1.54, 1.807) is 18.3 Å². The molecule has 4 aromatic rings. The van der Waals surface area contributed by atoms with Crippen LogP contribution in [0.15, 0.2) is 91.3 Å². The zero-order chi connectivity index (χ0) is 25.2. The second-order valence-corrected chi connectivity index (χ2v) is 8.69. The van der Waals surface area contributed by atoms with Crippen LogP contribution in [-0.2, 0) is 4.79 Å². The molecule has 10 heteroatoms. The van der Waals surface area contributed by atoms with Gasteiger partial charge in [-0.25, -0.2) is 0 Å². The molecule has 0 bridgehead atoms. The van der Waals surface area contributed by atoms with Gasteiger partial charge in [0, 0.05) is 48.5 Å². The van der Waals surface area contributed by atoms with Crippen molar-refractivity contribution in [3.8, 4) is 5.69 Å². The van der Waals surface area contributed by atoms with Crippen LogP contribution >= 0.6 is 12.2 Å². The molecule has 5 rings (SSSR count). The van der Waals surface area contributed by atoms with E-state index in [1.165, 1.54) is 13.0 Å². The average molecular weight is 499 g/mol. The molecule has 0 spiro atoms. The van der Waals surface area contributed by atoms with Crippen LogP contribution in [0.2, 0.25) is 0 Å². The summed E-state index contributed by atoms with van der Waals surface area (Å²) in [5.41, 5.74) is 3.89. The van der Waals surface area contributed by atoms with Gasteiger partial charge in [-0.05, 0) is 66.8 Å². The molecular formula is C26H22N6O3S. The van der Waals surface area contributed by atoms with Gasteiger partial charge in [-0.1, -0.05) is 12.1 Å². The second-order valence-electron chi connectivity index (χ2n) is 8.30. The maximum Gasteiger partial charge on any atom is 0.271 e. The van der Waals surface area contributed by atoms with E-state index in [0.717, 1.165) is 17.1 Å². The minimum absolute atomic E-state index is 0.0129. The molecule has 2 aromatic carbocycles. The van der Waals surface area contributed by atoms with Gasteiger partial charge in [-0.2, -0.15) is 0 Å². The number of carbonyl (C=O) groups is 1. The lowest BCUT2D eigenvalue weighted by molar-refractivity contribution is -0.384. The number of nitro groups is 1. The van der Waals surface area contributed by atoms with E-state index in [4.69, 9.17) is 12.2 Å². The number of nitrogens with zero attached hydrogens (tertiary/aromatic N) is 4. The Balaban J connectivity index is 1.62. The van der Waals surface area contributed by atoms with Crippen molar-refractivity contribution in [1.82, 2.24) is 14.9 Å². The number of aromatic nitrogens is 2. The zero-order valence-electron chi connectivity index (χ0n) is 19.2. The topological polar surface area (TPSA) is 105 Å².